The third-order valence-electron chi connectivity index (χ3n) is 3.75. The van der Waals surface area contributed by atoms with Crippen molar-refractivity contribution in [1.29, 1.82) is 0 Å². The number of nitrogens with one attached hydrogen (secondary N) is 1. The summed E-state index contributed by atoms with van der Waals surface area (Å²) in [6.45, 7) is 0.00911. The second kappa shape index (κ2) is 11.2. The van der Waals surface area contributed by atoms with Crippen LogP contribution in [-0.4, -0.2) is 24.0 Å². The Morgan fingerprint density at radius 3 is 2.50 bits per heavy atom. The van der Waals surface area contributed by atoms with Gasteiger partial charge in [-0.15, -0.1) is 12.4 Å². The molecule has 2 aromatic rings. The third-order valence-corrected chi connectivity index (χ3v) is 4.40. The highest BCUT2D eigenvalue weighted by Crippen LogP contribution is 2.29. The lowest BCUT2D eigenvalue weighted by Gasteiger charge is -2.13. The smallest absolute Gasteiger partial charge is 0.416 e. The molecule has 4 nitrogen and oxygen atoms in total. The zero-order chi connectivity index (χ0) is 19.9. The maximum atomic E-state index is 12.7. The fraction of sp³-hybridized carbons (Fsp3) is 0.316. The van der Waals surface area contributed by atoms with Crippen molar-refractivity contribution in [1.82, 2.24) is 0 Å². The first-order valence-electron chi connectivity index (χ1n) is 8.24. The molecule has 154 valence electrons. The summed E-state index contributed by atoms with van der Waals surface area (Å²) in [5.74, 6) is 1.02. The second-order valence-electron chi connectivity index (χ2n) is 5.89. The van der Waals surface area contributed by atoms with E-state index in [0.29, 0.717) is 23.4 Å². The topological polar surface area (TPSA) is 64.4 Å². The Morgan fingerprint density at radius 2 is 1.89 bits per heavy atom. The van der Waals surface area contributed by atoms with Gasteiger partial charge in [0.25, 0.3) is 0 Å². The van der Waals surface area contributed by atoms with Gasteiger partial charge >= 0.3 is 6.18 Å². The van der Waals surface area contributed by atoms with Crippen molar-refractivity contribution in [2.75, 3.05) is 17.3 Å². The maximum Gasteiger partial charge on any atom is 0.416 e. The molecule has 0 unspecified atom stereocenters. The lowest BCUT2D eigenvalue weighted by molar-refractivity contribution is -0.137. The van der Waals surface area contributed by atoms with Crippen LogP contribution in [-0.2, 0) is 17.6 Å². The molecule has 0 bridgehead atoms. The zero-order valence-corrected chi connectivity index (χ0v) is 16.8. The monoisotopic (exact) mass is 434 g/mol. The van der Waals surface area contributed by atoms with Gasteiger partial charge in [-0.3, -0.25) is 4.79 Å². The summed E-state index contributed by atoms with van der Waals surface area (Å²) >= 11 is 1.62. The van der Waals surface area contributed by atoms with Crippen LogP contribution in [0.2, 0.25) is 0 Å². The van der Waals surface area contributed by atoms with E-state index in [1.807, 2.05) is 6.26 Å². The molecule has 0 saturated heterocycles. The summed E-state index contributed by atoms with van der Waals surface area (Å²) in [7, 11) is 0. The van der Waals surface area contributed by atoms with Gasteiger partial charge in [-0.1, -0.05) is 12.1 Å². The van der Waals surface area contributed by atoms with Crippen molar-refractivity contribution < 1.29 is 22.7 Å². The van der Waals surface area contributed by atoms with Gasteiger partial charge in [0.15, 0.2) is 0 Å². The van der Waals surface area contributed by atoms with Crippen LogP contribution >= 0.6 is 24.2 Å². The molecule has 1 amide bonds. The number of thioether (sulfide) groups is 1. The summed E-state index contributed by atoms with van der Waals surface area (Å²) in [5, 5.41) is 2.72. The zero-order valence-electron chi connectivity index (χ0n) is 15.2. The highest BCUT2D eigenvalue weighted by molar-refractivity contribution is 7.98. The average molecular weight is 435 g/mol. The molecular weight excluding hydrogens is 413 g/mol. The Balaban J connectivity index is 0.00000392. The lowest BCUT2D eigenvalue weighted by Crippen LogP contribution is -2.36. The molecule has 0 fully saturated rings. The van der Waals surface area contributed by atoms with Crippen molar-refractivity contribution in [3.63, 3.8) is 0 Å². The minimum absolute atomic E-state index is 0. The summed E-state index contributed by atoms with van der Waals surface area (Å²) in [6.07, 6.45) is -1.85. The van der Waals surface area contributed by atoms with Gasteiger partial charge in [-0.05, 0) is 60.4 Å². The summed E-state index contributed by atoms with van der Waals surface area (Å²) in [5.41, 5.74) is 6.09. The molecule has 0 aliphatic heterocycles. The first-order valence-corrected chi connectivity index (χ1v) is 9.63. The quantitative estimate of drug-likeness (QED) is 0.630. The Hall–Kier alpha value is -1.90. The van der Waals surface area contributed by atoms with Crippen LogP contribution in [0.15, 0.2) is 48.5 Å². The molecule has 0 saturated carbocycles. The van der Waals surface area contributed by atoms with E-state index in [0.717, 1.165) is 17.9 Å². The van der Waals surface area contributed by atoms with Crippen molar-refractivity contribution in [2.24, 2.45) is 5.73 Å². The van der Waals surface area contributed by atoms with Gasteiger partial charge in [0.2, 0.25) is 5.91 Å². The van der Waals surface area contributed by atoms with Crippen molar-refractivity contribution >= 4 is 35.8 Å². The molecule has 9 heteroatoms. The average Bonchev–Trinajstić information content (AvgIpc) is 2.65. The van der Waals surface area contributed by atoms with Gasteiger partial charge < -0.3 is 15.8 Å². The predicted octanol–water partition coefficient (Wildman–Crippen LogP) is 4.73. The van der Waals surface area contributed by atoms with E-state index in [2.05, 4.69) is 5.32 Å². The maximum absolute atomic E-state index is 12.7. The normalized spacial score (nSPS) is 12.0. The number of benzene rings is 2. The predicted molar refractivity (Wildman–Crippen MR) is 109 cm³/mol. The molecular formula is C19H22ClF3N2O2S. The van der Waals surface area contributed by atoms with E-state index in [9.17, 15) is 18.0 Å². The molecule has 0 aromatic heterocycles. The number of hydrogen-bond donors (Lipinski definition) is 2. The number of ether oxygens (including phenoxy) is 1. The molecule has 2 aromatic carbocycles. The largest absolute Gasteiger partial charge is 0.489 e. The van der Waals surface area contributed by atoms with E-state index in [-0.39, 0.29) is 24.9 Å². The Labute approximate surface area is 172 Å². The molecule has 0 radical (unpaired) electrons. The van der Waals surface area contributed by atoms with Crippen molar-refractivity contribution in [3.8, 4) is 5.75 Å². The number of anilines is 1. The molecule has 28 heavy (non-hydrogen) atoms. The van der Waals surface area contributed by atoms with Gasteiger partial charge in [-0.25, -0.2) is 0 Å². The summed E-state index contributed by atoms with van der Waals surface area (Å²) < 4.78 is 43.7. The highest BCUT2D eigenvalue weighted by Gasteiger charge is 2.30. The molecule has 2 rings (SSSR count). The third kappa shape index (κ3) is 7.61. The van der Waals surface area contributed by atoms with Gasteiger partial charge in [0, 0.05) is 5.69 Å². The fourth-order valence-corrected chi connectivity index (χ4v) is 2.74. The second-order valence-corrected chi connectivity index (χ2v) is 6.87. The SMILES string of the molecule is CSCC[C@H](N)C(=O)Nc1ccc(OCc2cccc(C(F)(F)F)c2)cc1.Cl. The van der Waals surface area contributed by atoms with E-state index >= 15 is 0 Å². The summed E-state index contributed by atoms with van der Waals surface area (Å²) in [4.78, 5) is 12.0. The number of rotatable bonds is 8. The molecule has 0 spiro atoms. The van der Waals surface area contributed by atoms with E-state index in [1.54, 1.807) is 42.1 Å². The Bertz CT molecular complexity index is 758. The number of amides is 1. The van der Waals surface area contributed by atoms with Gasteiger partial charge in [0.05, 0.1) is 11.6 Å². The van der Waals surface area contributed by atoms with Crippen LogP contribution in [0.25, 0.3) is 0 Å². The fourth-order valence-electron chi connectivity index (χ4n) is 2.25. The van der Waals surface area contributed by atoms with Gasteiger partial charge in [0.1, 0.15) is 12.4 Å². The minimum Gasteiger partial charge on any atom is -0.489 e. The first-order chi connectivity index (χ1) is 12.8. The number of hydrogen-bond acceptors (Lipinski definition) is 4. The minimum atomic E-state index is -4.38. The Kier molecular flexibility index (Phi) is 9.64. The van der Waals surface area contributed by atoms with Crippen LogP contribution in [0.5, 0.6) is 5.75 Å². The van der Waals surface area contributed by atoms with E-state index in [4.69, 9.17) is 10.5 Å². The summed E-state index contributed by atoms with van der Waals surface area (Å²) in [6, 6.07) is 11.0. The number of carbonyl (C=O) groups is 1. The Morgan fingerprint density at radius 1 is 1.21 bits per heavy atom. The van der Waals surface area contributed by atoms with Crippen molar-refractivity contribution in [3.05, 3.63) is 59.7 Å². The highest BCUT2D eigenvalue weighted by atomic mass is 35.5. The lowest BCUT2D eigenvalue weighted by atomic mass is 10.1. The molecule has 1 atom stereocenters. The van der Waals surface area contributed by atoms with Crippen molar-refractivity contribution in [2.45, 2.75) is 25.2 Å². The number of nitrogens with two attached hydrogens (primary N) is 1. The molecule has 0 aliphatic rings. The van der Waals surface area contributed by atoms with E-state index in [1.165, 1.54) is 6.07 Å². The molecule has 3 N–H and O–H groups in total. The van der Waals surface area contributed by atoms with Crippen LogP contribution in [0, 0.1) is 0 Å². The van der Waals surface area contributed by atoms with Crippen LogP contribution in [0.4, 0.5) is 18.9 Å². The van der Waals surface area contributed by atoms with Crippen LogP contribution in [0.3, 0.4) is 0 Å². The number of halogens is 4. The van der Waals surface area contributed by atoms with Crippen LogP contribution < -0.4 is 15.8 Å². The van der Waals surface area contributed by atoms with Gasteiger partial charge in [-0.2, -0.15) is 24.9 Å². The van der Waals surface area contributed by atoms with E-state index < -0.39 is 17.8 Å². The number of alkyl halides is 3. The molecule has 0 aliphatic carbocycles. The number of carbonyl (C=O) groups excluding carboxylic acids is 1. The first kappa shape index (κ1) is 24.1. The van der Waals surface area contributed by atoms with Crippen LogP contribution in [0.1, 0.15) is 17.5 Å². The molecule has 0 heterocycles. The standard InChI is InChI=1S/C19H21F3N2O2S.ClH/c1-27-10-9-17(23)18(25)24-15-5-7-16(8-6-15)26-12-13-3-2-4-14(11-13)19(20,21)22;/h2-8,11,17H,9-10,12,23H2,1H3,(H,24,25);1H/t17-;/m0./s1.